The predicted molar refractivity (Wildman–Crippen MR) is 100 cm³/mol. The molecule has 0 radical (unpaired) electrons. The maximum absolute atomic E-state index is 13.0. The number of hydrogen-bond acceptors (Lipinski definition) is 4. The first-order valence-corrected chi connectivity index (χ1v) is 9.26. The molecule has 0 heterocycles. The Morgan fingerprint density at radius 1 is 1.12 bits per heavy atom. The van der Waals surface area contributed by atoms with Crippen molar-refractivity contribution in [2.75, 3.05) is 19.4 Å². The Balaban J connectivity index is 2.04. The SMILES string of the molecule is COC(=O)C(C)CN(Cc1ccccc1)C(=O)CSc1ccc(F)cc1. The van der Waals surface area contributed by atoms with Crippen LogP contribution in [0.3, 0.4) is 0 Å². The number of nitrogens with zero attached hydrogens (tertiary/aromatic N) is 1. The van der Waals surface area contributed by atoms with Gasteiger partial charge in [0.15, 0.2) is 0 Å². The van der Waals surface area contributed by atoms with Crippen molar-refractivity contribution in [3.05, 3.63) is 66.0 Å². The molecule has 0 aliphatic heterocycles. The second-order valence-electron chi connectivity index (χ2n) is 5.93. The fourth-order valence-corrected chi connectivity index (χ4v) is 3.23. The predicted octanol–water partition coefficient (Wildman–Crippen LogP) is 3.76. The van der Waals surface area contributed by atoms with Gasteiger partial charge in [-0.3, -0.25) is 9.59 Å². The molecule has 0 aliphatic carbocycles. The second-order valence-corrected chi connectivity index (χ2v) is 6.98. The average molecular weight is 375 g/mol. The highest BCUT2D eigenvalue weighted by molar-refractivity contribution is 8.00. The van der Waals surface area contributed by atoms with Crippen LogP contribution in [0.15, 0.2) is 59.5 Å². The first kappa shape index (κ1) is 20.0. The van der Waals surface area contributed by atoms with Crippen molar-refractivity contribution >= 4 is 23.6 Å². The smallest absolute Gasteiger partial charge is 0.310 e. The maximum Gasteiger partial charge on any atom is 0.310 e. The van der Waals surface area contributed by atoms with Gasteiger partial charge < -0.3 is 9.64 Å². The molecule has 6 heteroatoms. The van der Waals surface area contributed by atoms with E-state index in [0.29, 0.717) is 6.54 Å². The minimum absolute atomic E-state index is 0.0843. The zero-order valence-electron chi connectivity index (χ0n) is 14.9. The molecule has 0 N–H and O–H groups in total. The van der Waals surface area contributed by atoms with Gasteiger partial charge in [-0.05, 0) is 29.8 Å². The Labute approximate surface area is 157 Å². The standard InChI is InChI=1S/C20H22FNO3S/c1-15(20(24)25-2)12-22(13-16-6-4-3-5-7-16)19(23)14-26-18-10-8-17(21)9-11-18/h3-11,15H,12-14H2,1-2H3. The molecule has 1 unspecified atom stereocenters. The van der Waals surface area contributed by atoms with Crippen LogP contribution >= 0.6 is 11.8 Å². The summed E-state index contributed by atoms with van der Waals surface area (Å²) in [5, 5.41) is 0. The lowest BCUT2D eigenvalue weighted by molar-refractivity contribution is -0.146. The third-order valence-corrected chi connectivity index (χ3v) is 4.84. The Kier molecular flexibility index (Phi) is 7.66. The molecule has 0 saturated carbocycles. The van der Waals surface area contributed by atoms with Gasteiger partial charge >= 0.3 is 5.97 Å². The van der Waals surface area contributed by atoms with E-state index < -0.39 is 5.92 Å². The molecular weight excluding hydrogens is 353 g/mol. The molecule has 1 amide bonds. The van der Waals surface area contributed by atoms with E-state index >= 15 is 0 Å². The normalized spacial score (nSPS) is 11.7. The van der Waals surface area contributed by atoms with Crippen LogP contribution in [-0.4, -0.2) is 36.2 Å². The topological polar surface area (TPSA) is 46.6 Å². The zero-order valence-corrected chi connectivity index (χ0v) is 15.7. The molecule has 0 spiro atoms. The van der Waals surface area contributed by atoms with E-state index in [-0.39, 0.29) is 30.0 Å². The summed E-state index contributed by atoms with van der Waals surface area (Å²) in [7, 11) is 1.34. The Bertz CT molecular complexity index is 722. The Morgan fingerprint density at radius 2 is 1.77 bits per heavy atom. The van der Waals surface area contributed by atoms with Gasteiger partial charge in [-0.15, -0.1) is 11.8 Å². The average Bonchev–Trinajstić information content (AvgIpc) is 2.66. The van der Waals surface area contributed by atoms with Gasteiger partial charge in [0.05, 0.1) is 18.8 Å². The summed E-state index contributed by atoms with van der Waals surface area (Å²) in [6.07, 6.45) is 0. The number of carbonyl (C=O) groups excluding carboxylic acids is 2. The molecule has 26 heavy (non-hydrogen) atoms. The van der Waals surface area contributed by atoms with Gasteiger partial charge in [-0.25, -0.2) is 4.39 Å². The largest absolute Gasteiger partial charge is 0.469 e. The fourth-order valence-electron chi connectivity index (χ4n) is 2.43. The molecule has 0 bridgehead atoms. The molecule has 2 aromatic rings. The van der Waals surface area contributed by atoms with Crippen LogP contribution in [0.2, 0.25) is 0 Å². The van der Waals surface area contributed by atoms with Crippen molar-refractivity contribution in [3.8, 4) is 0 Å². The Morgan fingerprint density at radius 3 is 2.38 bits per heavy atom. The van der Waals surface area contributed by atoms with Gasteiger partial charge in [0.2, 0.25) is 5.91 Å². The summed E-state index contributed by atoms with van der Waals surface area (Å²) in [4.78, 5) is 26.9. The molecular formula is C20H22FNO3S. The summed E-state index contributed by atoms with van der Waals surface area (Å²) in [5.74, 6) is -0.936. The van der Waals surface area contributed by atoms with Gasteiger partial charge in [-0.1, -0.05) is 37.3 Å². The number of methoxy groups -OCH3 is 1. The van der Waals surface area contributed by atoms with E-state index in [4.69, 9.17) is 4.74 Å². The highest BCUT2D eigenvalue weighted by atomic mass is 32.2. The number of esters is 1. The zero-order chi connectivity index (χ0) is 18.9. The van der Waals surface area contributed by atoms with Crippen LogP contribution in [-0.2, 0) is 20.9 Å². The quantitative estimate of drug-likeness (QED) is 0.521. The monoisotopic (exact) mass is 375 g/mol. The number of carbonyl (C=O) groups is 2. The van der Waals surface area contributed by atoms with Crippen molar-refractivity contribution < 1.29 is 18.7 Å². The van der Waals surface area contributed by atoms with Gasteiger partial charge in [0.1, 0.15) is 5.82 Å². The van der Waals surface area contributed by atoms with Gasteiger partial charge in [0, 0.05) is 18.0 Å². The van der Waals surface area contributed by atoms with Crippen LogP contribution in [0.4, 0.5) is 4.39 Å². The lowest BCUT2D eigenvalue weighted by Gasteiger charge is -2.25. The molecule has 138 valence electrons. The third-order valence-electron chi connectivity index (χ3n) is 3.84. The minimum Gasteiger partial charge on any atom is -0.469 e. The van der Waals surface area contributed by atoms with Crippen molar-refractivity contribution in [3.63, 3.8) is 0 Å². The molecule has 2 rings (SSSR count). The molecule has 2 aromatic carbocycles. The minimum atomic E-state index is -0.413. The molecule has 1 atom stereocenters. The molecule has 0 aromatic heterocycles. The molecule has 0 saturated heterocycles. The van der Waals surface area contributed by atoms with E-state index in [1.807, 2.05) is 30.3 Å². The van der Waals surface area contributed by atoms with Crippen molar-refractivity contribution in [1.82, 2.24) is 4.90 Å². The van der Waals surface area contributed by atoms with Gasteiger partial charge in [0.25, 0.3) is 0 Å². The summed E-state index contributed by atoms with van der Waals surface area (Å²) >= 11 is 1.34. The van der Waals surface area contributed by atoms with E-state index in [2.05, 4.69) is 0 Å². The lowest BCUT2D eigenvalue weighted by Crippen LogP contribution is -2.37. The number of amides is 1. The molecule has 0 fully saturated rings. The van der Waals surface area contributed by atoms with Crippen molar-refractivity contribution in [2.45, 2.75) is 18.4 Å². The number of thioether (sulfide) groups is 1. The number of rotatable bonds is 8. The van der Waals surface area contributed by atoms with E-state index in [1.54, 1.807) is 24.0 Å². The fraction of sp³-hybridized carbons (Fsp3) is 0.300. The van der Waals surface area contributed by atoms with Crippen LogP contribution in [0.1, 0.15) is 12.5 Å². The maximum atomic E-state index is 13.0. The first-order valence-electron chi connectivity index (χ1n) is 8.27. The second kappa shape index (κ2) is 9.97. The summed E-state index contributed by atoms with van der Waals surface area (Å²) < 4.78 is 17.7. The van der Waals surface area contributed by atoms with Crippen LogP contribution < -0.4 is 0 Å². The van der Waals surface area contributed by atoms with Crippen LogP contribution in [0.5, 0.6) is 0 Å². The number of hydrogen-bond donors (Lipinski definition) is 0. The lowest BCUT2D eigenvalue weighted by atomic mass is 10.1. The van der Waals surface area contributed by atoms with E-state index in [1.165, 1.54) is 31.0 Å². The van der Waals surface area contributed by atoms with E-state index in [0.717, 1.165) is 10.5 Å². The summed E-state index contributed by atoms with van der Waals surface area (Å²) in [6.45, 7) is 2.44. The van der Waals surface area contributed by atoms with E-state index in [9.17, 15) is 14.0 Å². The van der Waals surface area contributed by atoms with Crippen LogP contribution in [0, 0.1) is 11.7 Å². The highest BCUT2D eigenvalue weighted by Crippen LogP contribution is 2.19. The number of ether oxygens (including phenoxy) is 1. The third kappa shape index (κ3) is 6.19. The van der Waals surface area contributed by atoms with Crippen molar-refractivity contribution in [1.29, 1.82) is 0 Å². The highest BCUT2D eigenvalue weighted by Gasteiger charge is 2.22. The number of benzene rings is 2. The summed E-state index contributed by atoms with van der Waals surface area (Å²) in [5.41, 5.74) is 0.990. The number of halogens is 1. The molecule has 4 nitrogen and oxygen atoms in total. The summed E-state index contributed by atoms with van der Waals surface area (Å²) in [6, 6.07) is 15.6. The first-order chi connectivity index (χ1) is 12.5. The Hall–Kier alpha value is -2.34. The van der Waals surface area contributed by atoms with Crippen molar-refractivity contribution in [2.24, 2.45) is 5.92 Å². The van der Waals surface area contributed by atoms with Gasteiger partial charge in [-0.2, -0.15) is 0 Å². The molecule has 0 aliphatic rings. The van der Waals surface area contributed by atoms with Crippen LogP contribution in [0.25, 0.3) is 0 Å².